The van der Waals surface area contributed by atoms with E-state index in [1.54, 1.807) is 19.1 Å². The zero-order valence-corrected chi connectivity index (χ0v) is 19.9. The molecule has 0 aliphatic carbocycles. The number of urea groups is 1. The van der Waals surface area contributed by atoms with Crippen molar-refractivity contribution in [3.63, 3.8) is 0 Å². The predicted octanol–water partition coefficient (Wildman–Crippen LogP) is 3.22. The third-order valence-corrected chi connectivity index (χ3v) is 6.79. The molecule has 1 atom stereocenters. The number of nitrogens with one attached hydrogen (secondary N) is 3. The van der Waals surface area contributed by atoms with E-state index in [-0.39, 0.29) is 17.0 Å². The maximum atomic E-state index is 13.8. The molecule has 1 saturated heterocycles. The van der Waals surface area contributed by atoms with Gasteiger partial charge in [-0.15, -0.1) is 0 Å². The van der Waals surface area contributed by atoms with Crippen LogP contribution >= 0.6 is 0 Å². The van der Waals surface area contributed by atoms with Gasteiger partial charge in [-0.05, 0) is 68.1 Å². The molecule has 0 spiro atoms. The van der Waals surface area contributed by atoms with Crippen LogP contribution in [0, 0.1) is 17.5 Å². The van der Waals surface area contributed by atoms with Gasteiger partial charge in [0.2, 0.25) is 0 Å². The monoisotopic (exact) mass is 502 g/mol. The molecule has 2 aliphatic rings. The Morgan fingerprint density at radius 1 is 1.11 bits per heavy atom. The number of allylic oxidation sites excluding steroid dienone is 1. The molecular weight excluding hydrogens is 473 g/mol. The Morgan fingerprint density at radius 3 is 2.47 bits per heavy atom. The topological polar surface area (TPSA) is 93.7 Å². The van der Waals surface area contributed by atoms with Crippen LogP contribution in [0.4, 0.5) is 18.0 Å². The third kappa shape index (κ3) is 5.71. The summed E-state index contributed by atoms with van der Waals surface area (Å²) in [5, 5.41) is 18.9. The highest BCUT2D eigenvalue weighted by Crippen LogP contribution is 2.33. The molecule has 36 heavy (non-hydrogen) atoms. The summed E-state index contributed by atoms with van der Waals surface area (Å²) in [5.41, 5.74) is 0.554. The SMILES string of the molecule is CC1=C(C(=O)NCCCN2CCC(O)(c3ccc(F)cc3)CC2)C(c2ccc(F)c(F)c2)NC(=O)N1. The lowest BCUT2D eigenvalue weighted by Crippen LogP contribution is -2.47. The number of halogens is 3. The molecule has 10 heteroatoms. The fourth-order valence-electron chi connectivity index (χ4n) is 4.73. The van der Waals surface area contributed by atoms with Gasteiger partial charge >= 0.3 is 6.03 Å². The number of nitrogens with zero attached hydrogens (tertiary/aromatic N) is 1. The Kier molecular flexibility index (Phi) is 7.65. The minimum Gasteiger partial charge on any atom is -0.385 e. The summed E-state index contributed by atoms with van der Waals surface area (Å²) >= 11 is 0. The van der Waals surface area contributed by atoms with Crippen molar-refractivity contribution >= 4 is 11.9 Å². The molecule has 0 radical (unpaired) electrons. The summed E-state index contributed by atoms with van der Waals surface area (Å²) in [7, 11) is 0. The fourth-order valence-corrected chi connectivity index (χ4v) is 4.73. The van der Waals surface area contributed by atoms with Crippen molar-refractivity contribution in [1.29, 1.82) is 0 Å². The summed E-state index contributed by atoms with van der Waals surface area (Å²) in [6, 6.07) is 7.74. The zero-order chi connectivity index (χ0) is 25.9. The van der Waals surface area contributed by atoms with Gasteiger partial charge in [-0.25, -0.2) is 18.0 Å². The predicted molar refractivity (Wildman–Crippen MR) is 127 cm³/mol. The van der Waals surface area contributed by atoms with E-state index < -0.39 is 35.2 Å². The molecule has 0 bridgehead atoms. The lowest BCUT2D eigenvalue weighted by atomic mass is 9.84. The van der Waals surface area contributed by atoms with Gasteiger partial charge in [0.05, 0.1) is 17.2 Å². The number of carbonyl (C=O) groups is 2. The summed E-state index contributed by atoms with van der Waals surface area (Å²) in [6.07, 6.45) is 1.71. The number of aliphatic hydroxyl groups is 1. The number of hydrogen-bond donors (Lipinski definition) is 4. The summed E-state index contributed by atoms with van der Waals surface area (Å²) in [6.45, 7) is 3.99. The molecule has 4 N–H and O–H groups in total. The van der Waals surface area contributed by atoms with Crippen LogP contribution in [0.3, 0.4) is 0 Å². The number of likely N-dealkylation sites (tertiary alicyclic amines) is 1. The lowest BCUT2D eigenvalue weighted by Gasteiger charge is -2.38. The Balaban J connectivity index is 1.30. The second-order valence-corrected chi connectivity index (χ2v) is 9.23. The second-order valence-electron chi connectivity index (χ2n) is 9.23. The standard InChI is InChI=1S/C26H29F3N4O3/c1-16-22(23(32-25(35)31-16)17-3-8-20(28)21(29)15-17)24(34)30-11-2-12-33-13-9-26(36,10-14-33)18-4-6-19(27)7-5-18/h3-8,15,23,36H,2,9-14H2,1H3,(H,30,34)(H2,31,32,35). The van der Waals surface area contributed by atoms with Crippen LogP contribution < -0.4 is 16.0 Å². The molecule has 4 rings (SSSR count). The van der Waals surface area contributed by atoms with Gasteiger partial charge in [0.1, 0.15) is 5.82 Å². The van der Waals surface area contributed by atoms with E-state index in [2.05, 4.69) is 20.9 Å². The largest absolute Gasteiger partial charge is 0.385 e. The first-order valence-electron chi connectivity index (χ1n) is 11.9. The molecule has 0 aromatic heterocycles. The van der Waals surface area contributed by atoms with Gasteiger partial charge in [-0.1, -0.05) is 18.2 Å². The normalized spacial score (nSPS) is 20.0. The number of piperidine rings is 1. The van der Waals surface area contributed by atoms with Gasteiger partial charge in [0, 0.05) is 25.3 Å². The van der Waals surface area contributed by atoms with Crippen LogP contribution in [0.15, 0.2) is 53.7 Å². The van der Waals surface area contributed by atoms with Crippen LogP contribution in [0.5, 0.6) is 0 Å². The van der Waals surface area contributed by atoms with E-state index in [0.29, 0.717) is 56.7 Å². The second kappa shape index (κ2) is 10.7. The van der Waals surface area contributed by atoms with Crippen LogP contribution in [0.1, 0.15) is 43.4 Å². The minimum absolute atomic E-state index is 0.225. The molecule has 2 aliphatic heterocycles. The van der Waals surface area contributed by atoms with Gasteiger partial charge < -0.3 is 26.0 Å². The summed E-state index contributed by atoms with van der Waals surface area (Å²) in [5.74, 6) is -2.83. The van der Waals surface area contributed by atoms with Gasteiger partial charge in [0.25, 0.3) is 5.91 Å². The molecule has 7 nitrogen and oxygen atoms in total. The van der Waals surface area contributed by atoms with Gasteiger partial charge in [-0.3, -0.25) is 4.79 Å². The Bertz CT molecular complexity index is 1160. The Morgan fingerprint density at radius 2 is 1.81 bits per heavy atom. The minimum atomic E-state index is -1.06. The molecule has 2 heterocycles. The van der Waals surface area contributed by atoms with Crippen molar-refractivity contribution in [3.05, 3.63) is 82.3 Å². The highest BCUT2D eigenvalue weighted by Gasteiger charge is 2.34. The number of benzene rings is 2. The van der Waals surface area contributed by atoms with E-state index in [0.717, 1.165) is 12.1 Å². The molecule has 3 amide bonds. The van der Waals surface area contributed by atoms with Crippen LogP contribution in [0.25, 0.3) is 0 Å². The lowest BCUT2D eigenvalue weighted by molar-refractivity contribution is -0.118. The number of rotatable bonds is 7. The zero-order valence-electron chi connectivity index (χ0n) is 19.9. The van der Waals surface area contributed by atoms with Crippen LogP contribution in [-0.2, 0) is 10.4 Å². The Hall–Kier alpha value is -3.37. The number of amides is 3. The maximum absolute atomic E-state index is 13.8. The molecular formula is C26H29F3N4O3. The Labute approximate surface area is 207 Å². The first kappa shape index (κ1) is 25.7. The first-order valence-corrected chi connectivity index (χ1v) is 11.9. The molecule has 1 fully saturated rings. The van der Waals surface area contributed by atoms with E-state index in [9.17, 15) is 27.9 Å². The van der Waals surface area contributed by atoms with Gasteiger partial charge in [0.15, 0.2) is 11.6 Å². The molecule has 192 valence electrons. The first-order chi connectivity index (χ1) is 17.2. The van der Waals surface area contributed by atoms with Crippen LogP contribution in [0.2, 0.25) is 0 Å². The van der Waals surface area contributed by atoms with Crippen LogP contribution in [-0.4, -0.2) is 48.1 Å². The summed E-state index contributed by atoms with van der Waals surface area (Å²) in [4.78, 5) is 27.1. The van der Waals surface area contributed by atoms with Crippen molar-refractivity contribution in [3.8, 4) is 0 Å². The molecule has 2 aromatic rings. The molecule has 1 unspecified atom stereocenters. The van der Waals surface area contributed by atoms with E-state index in [1.165, 1.54) is 18.2 Å². The summed E-state index contributed by atoms with van der Waals surface area (Å²) < 4.78 is 40.4. The van der Waals surface area contributed by atoms with Crippen molar-refractivity contribution < 1.29 is 27.9 Å². The molecule has 2 aromatic carbocycles. The highest BCUT2D eigenvalue weighted by molar-refractivity contribution is 5.98. The van der Waals surface area contributed by atoms with E-state index in [4.69, 9.17) is 0 Å². The number of carbonyl (C=O) groups excluding carboxylic acids is 2. The van der Waals surface area contributed by atoms with E-state index >= 15 is 0 Å². The smallest absolute Gasteiger partial charge is 0.319 e. The fraction of sp³-hybridized carbons (Fsp3) is 0.385. The van der Waals surface area contributed by atoms with Crippen molar-refractivity contribution in [1.82, 2.24) is 20.9 Å². The highest BCUT2D eigenvalue weighted by atomic mass is 19.2. The average Bonchev–Trinajstić information content (AvgIpc) is 2.84. The average molecular weight is 503 g/mol. The van der Waals surface area contributed by atoms with Gasteiger partial charge in [-0.2, -0.15) is 0 Å². The van der Waals surface area contributed by atoms with Crippen molar-refractivity contribution in [2.24, 2.45) is 0 Å². The quantitative estimate of drug-likeness (QED) is 0.438. The maximum Gasteiger partial charge on any atom is 0.319 e. The van der Waals surface area contributed by atoms with Crippen molar-refractivity contribution in [2.75, 3.05) is 26.2 Å². The molecule has 0 saturated carbocycles. The van der Waals surface area contributed by atoms with Crippen molar-refractivity contribution in [2.45, 2.75) is 37.8 Å². The van der Waals surface area contributed by atoms with E-state index in [1.807, 2.05) is 0 Å². The number of hydrogen-bond acceptors (Lipinski definition) is 4. The third-order valence-electron chi connectivity index (χ3n) is 6.79.